The van der Waals surface area contributed by atoms with E-state index in [1.165, 1.54) is 0 Å². The topological polar surface area (TPSA) is 62.1 Å². The molecule has 0 unspecified atom stereocenters. The Morgan fingerprint density at radius 2 is 2.10 bits per heavy atom. The van der Waals surface area contributed by atoms with Crippen molar-refractivity contribution in [1.29, 1.82) is 5.26 Å². The van der Waals surface area contributed by atoms with Crippen molar-refractivity contribution in [3.8, 4) is 6.07 Å². The van der Waals surface area contributed by atoms with Gasteiger partial charge < -0.3 is 10.1 Å². The normalized spacial score (nSPS) is 10.9. The van der Waals surface area contributed by atoms with Crippen LogP contribution in [0.4, 0.5) is 5.69 Å². The fraction of sp³-hybridized carbons (Fsp3) is 0.500. The van der Waals surface area contributed by atoms with Gasteiger partial charge in [0.15, 0.2) is 0 Å². The summed E-state index contributed by atoms with van der Waals surface area (Å²) < 4.78 is 5.69. The van der Waals surface area contributed by atoms with Crippen LogP contribution < -0.4 is 5.32 Å². The van der Waals surface area contributed by atoms with Crippen LogP contribution in [0.25, 0.3) is 0 Å². The van der Waals surface area contributed by atoms with Crippen molar-refractivity contribution >= 4 is 11.6 Å². The summed E-state index contributed by atoms with van der Waals surface area (Å²) in [5.41, 5.74) is 0.906. The summed E-state index contributed by atoms with van der Waals surface area (Å²) >= 11 is 0. The van der Waals surface area contributed by atoms with Gasteiger partial charge in [-0.2, -0.15) is 5.26 Å². The second-order valence-corrected chi connectivity index (χ2v) is 5.27. The molecule has 20 heavy (non-hydrogen) atoms. The fourth-order valence-electron chi connectivity index (χ4n) is 1.59. The largest absolute Gasteiger partial charge is 0.376 e. The Morgan fingerprint density at radius 3 is 2.75 bits per heavy atom. The number of carbonyl (C=O) groups is 1. The maximum absolute atomic E-state index is 11.8. The first kappa shape index (κ1) is 16.2. The van der Waals surface area contributed by atoms with Crippen molar-refractivity contribution in [2.45, 2.75) is 45.6 Å². The Labute approximate surface area is 120 Å². The maximum atomic E-state index is 11.8. The molecule has 0 bridgehead atoms. The molecule has 0 aliphatic carbocycles. The number of ether oxygens (including phenoxy) is 1. The third-order valence-electron chi connectivity index (χ3n) is 3.21. The van der Waals surface area contributed by atoms with Gasteiger partial charge in [-0.25, -0.2) is 0 Å². The van der Waals surface area contributed by atoms with Crippen molar-refractivity contribution in [3.63, 3.8) is 0 Å². The Hall–Kier alpha value is -1.86. The van der Waals surface area contributed by atoms with Gasteiger partial charge in [-0.05, 0) is 38.8 Å². The molecule has 108 valence electrons. The average Bonchev–Trinajstić information content (AvgIpc) is 2.44. The van der Waals surface area contributed by atoms with Crippen molar-refractivity contribution in [2.75, 3.05) is 11.9 Å². The lowest BCUT2D eigenvalue weighted by atomic mass is 10.1. The van der Waals surface area contributed by atoms with Gasteiger partial charge in [-0.15, -0.1) is 0 Å². The molecule has 0 saturated heterocycles. The van der Waals surface area contributed by atoms with Crippen LogP contribution in [0.1, 0.15) is 45.6 Å². The van der Waals surface area contributed by atoms with Gasteiger partial charge in [0.2, 0.25) is 5.91 Å². The number of nitrogens with one attached hydrogen (secondary N) is 1. The molecule has 0 saturated carbocycles. The summed E-state index contributed by atoms with van der Waals surface area (Å²) in [7, 11) is 0. The molecule has 0 aromatic heterocycles. The minimum Gasteiger partial charge on any atom is -0.376 e. The third-order valence-corrected chi connectivity index (χ3v) is 3.21. The molecule has 1 amide bonds. The van der Waals surface area contributed by atoms with E-state index in [2.05, 4.69) is 18.3 Å². The summed E-state index contributed by atoms with van der Waals surface area (Å²) in [6.07, 6.45) is 2.00. The van der Waals surface area contributed by atoms with Crippen LogP contribution >= 0.6 is 0 Å². The predicted octanol–water partition coefficient (Wildman–Crippen LogP) is 3.48. The van der Waals surface area contributed by atoms with E-state index in [0.717, 1.165) is 6.42 Å². The van der Waals surface area contributed by atoms with Crippen molar-refractivity contribution in [2.24, 2.45) is 0 Å². The van der Waals surface area contributed by atoms with Gasteiger partial charge in [0.05, 0.1) is 16.9 Å². The van der Waals surface area contributed by atoms with Crippen molar-refractivity contribution < 1.29 is 9.53 Å². The number of nitriles is 1. The van der Waals surface area contributed by atoms with E-state index in [1.54, 1.807) is 24.3 Å². The Kier molecular flexibility index (Phi) is 6.20. The lowest BCUT2D eigenvalue weighted by molar-refractivity contribution is -0.117. The van der Waals surface area contributed by atoms with Crippen LogP contribution in [0.3, 0.4) is 0 Å². The number of rotatable bonds is 7. The predicted molar refractivity (Wildman–Crippen MR) is 79.3 cm³/mol. The number of hydrogen-bond acceptors (Lipinski definition) is 3. The first-order chi connectivity index (χ1) is 9.48. The summed E-state index contributed by atoms with van der Waals surface area (Å²) in [5, 5.41) is 11.7. The first-order valence-electron chi connectivity index (χ1n) is 6.91. The second kappa shape index (κ2) is 7.66. The van der Waals surface area contributed by atoms with E-state index in [9.17, 15) is 4.79 Å². The molecule has 0 aliphatic heterocycles. The van der Waals surface area contributed by atoms with E-state index in [-0.39, 0.29) is 11.5 Å². The molecule has 4 heteroatoms. The number of hydrogen-bond donors (Lipinski definition) is 1. The smallest absolute Gasteiger partial charge is 0.224 e. The van der Waals surface area contributed by atoms with Crippen molar-refractivity contribution in [1.82, 2.24) is 0 Å². The third kappa shape index (κ3) is 5.41. The lowest BCUT2D eigenvalue weighted by Gasteiger charge is -2.23. The zero-order valence-electron chi connectivity index (χ0n) is 12.4. The number of carbonyl (C=O) groups excluding carboxylic acids is 1. The van der Waals surface area contributed by atoms with Gasteiger partial charge in [0, 0.05) is 13.0 Å². The molecule has 0 spiro atoms. The number of anilines is 1. The quantitative estimate of drug-likeness (QED) is 0.774. The van der Waals surface area contributed by atoms with Crippen LogP contribution in [0.15, 0.2) is 24.3 Å². The highest BCUT2D eigenvalue weighted by molar-refractivity contribution is 5.92. The second-order valence-electron chi connectivity index (χ2n) is 5.27. The number of para-hydroxylation sites is 1. The maximum Gasteiger partial charge on any atom is 0.224 e. The molecule has 0 heterocycles. The van der Waals surface area contributed by atoms with Crippen LogP contribution in [0, 0.1) is 11.3 Å². The molecule has 1 N–H and O–H groups in total. The van der Waals surface area contributed by atoms with E-state index >= 15 is 0 Å². The zero-order chi connectivity index (χ0) is 15.0. The van der Waals surface area contributed by atoms with Gasteiger partial charge in [-0.3, -0.25) is 4.79 Å². The average molecular weight is 274 g/mol. The van der Waals surface area contributed by atoms with E-state index in [4.69, 9.17) is 10.00 Å². The molecule has 0 radical (unpaired) electrons. The molecule has 4 nitrogen and oxygen atoms in total. The standard InChI is InChI=1S/C16H22N2O2/c1-4-16(2,3)20-11-7-10-15(19)18-14-9-6-5-8-13(14)12-17/h5-6,8-9H,4,7,10-11H2,1-3H3,(H,18,19). The van der Waals surface area contributed by atoms with Crippen LogP contribution in [-0.4, -0.2) is 18.1 Å². The summed E-state index contributed by atoms with van der Waals surface area (Å²) in [4.78, 5) is 11.8. The van der Waals surface area contributed by atoms with Gasteiger partial charge in [0.1, 0.15) is 6.07 Å². The molecule has 0 aliphatic rings. The molecular weight excluding hydrogens is 252 g/mol. The summed E-state index contributed by atoms with van der Waals surface area (Å²) in [5.74, 6) is -0.0920. The monoisotopic (exact) mass is 274 g/mol. The van der Waals surface area contributed by atoms with Crippen LogP contribution in [0.5, 0.6) is 0 Å². The summed E-state index contributed by atoms with van der Waals surface area (Å²) in [6, 6.07) is 9.04. The van der Waals surface area contributed by atoms with E-state index in [1.807, 2.05) is 13.8 Å². The Morgan fingerprint density at radius 1 is 1.40 bits per heavy atom. The number of nitrogens with zero attached hydrogens (tertiary/aromatic N) is 1. The molecule has 1 aromatic carbocycles. The van der Waals surface area contributed by atoms with Crippen LogP contribution in [-0.2, 0) is 9.53 Å². The highest BCUT2D eigenvalue weighted by Crippen LogP contribution is 2.15. The highest BCUT2D eigenvalue weighted by Gasteiger charge is 2.15. The molecular formula is C16H22N2O2. The number of amides is 1. The van der Waals surface area contributed by atoms with Crippen LogP contribution in [0.2, 0.25) is 0 Å². The van der Waals surface area contributed by atoms with Gasteiger partial charge >= 0.3 is 0 Å². The van der Waals surface area contributed by atoms with Gasteiger partial charge in [-0.1, -0.05) is 19.1 Å². The minimum absolute atomic E-state index is 0.0920. The highest BCUT2D eigenvalue weighted by atomic mass is 16.5. The molecule has 1 aromatic rings. The summed E-state index contributed by atoms with van der Waals surface area (Å²) in [6.45, 7) is 6.71. The Bertz CT molecular complexity index is 489. The van der Waals surface area contributed by atoms with E-state index in [0.29, 0.717) is 30.7 Å². The van der Waals surface area contributed by atoms with E-state index < -0.39 is 0 Å². The first-order valence-corrected chi connectivity index (χ1v) is 6.91. The molecule has 0 fully saturated rings. The lowest BCUT2D eigenvalue weighted by Crippen LogP contribution is -2.24. The fourth-order valence-corrected chi connectivity index (χ4v) is 1.59. The molecule has 0 atom stereocenters. The zero-order valence-corrected chi connectivity index (χ0v) is 12.4. The number of benzene rings is 1. The van der Waals surface area contributed by atoms with Crippen molar-refractivity contribution in [3.05, 3.63) is 29.8 Å². The van der Waals surface area contributed by atoms with Gasteiger partial charge in [0.25, 0.3) is 0 Å². The minimum atomic E-state index is -0.135. The molecule has 1 rings (SSSR count). The SMILES string of the molecule is CCC(C)(C)OCCCC(=O)Nc1ccccc1C#N. The Balaban J connectivity index is 2.36.